The lowest BCUT2D eigenvalue weighted by Gasteiger charge is -2.11. The van der Waals surface area contributed by atoms with E-state index in [1.165, 1.54) is 22.5 Å². The number of aromatic nitrogens is 2. The molecule has 1 N–H and O–H groups in total. The van der Waals surface area contributed by atoms with Gasteiger partial charge in [0.05, 0.1) is 12.3 Å². The maximum atomic E-state index is 5.51. The maximum absolute atomic E-state index is 5.51. The number of ether oxygens (including phenoxy) is 3. The Balaban J connectivity index is 1.55. The van der Waals surface area contributed by atoms with Gasteiger partial charge in [-0.2, -0.15) is 0 Å². The number of nitrogens with zero attached hydrogens (tertiary/aromatic N) is 2. The van der Waals surface area contributed by atoms with Gasteiger partial charge in [0.15, 0.2) is 16.6 Å². The van der Waals surface area contributed by atoms with Crippen molar-refractivity contribution in [2.45, 2.75) is 33.4 Å². The summed E-state index contributed by atoms with van der Waals surface area (Å²) >= 11 is 1.62. The van der Waals surface area contributed by atoms with E-state index < -0.39 is 0 Å². The number of hydrogen-bond donors (Lipinski definition) is 1. The van der Waals surface area contributed by atoms with Crippen molar-refractivity contribution in [3.05, 3.63) is 46.6 Å². The number of fused-ring (bicyclic) bond motifs is 1. The molecule has 6 nitrogen and oxygen atoms in total. The van der Waals surface area contributed by atoms with Crippen LogP contribution < -0.4 is 14.8 Å². The number of nitrogens with one attached hydrogen (secondary N) is 1. The summed E-state index contributed by atoms with van der Waals surface area (Å²) in [6.07, 6.45) is 0. The van der Waals surface area contributed by atoms with Crippen LogP contribution in [-0.4, -0.2) is 36.1 Å². The van der Waals surface area contributed by atoms with Crippen LogP contribution in [0.25, 0.3) is 11.3 Å². The molecular formula is C21H25N3O3S. The third kappa shape index (κ3) is 3.72. The molecule has 1 aliphatic rings. The molecule has 0 spiro atoms. The Morgan fingerprint density at radius 1 is 1.25 bits per heavy atom. The summed E-state index contributed by atoms with van der Waals surface area (Å²) < 4.78 is 18.4. The van der Waals surface area contributed by atoms with E-state index in [0.717, 1.165) is 28.9 Å². The zero-order valence-corrected chi connectivity index (χ0v) is 17.4. The third-order valence-electron chi connectivity index (χ3n) is 4.92. The van der Waals surface area contributed by atoms with E-state index in [0.29, 0.717) is 13.4 Å². The molecule has 0 radical (unpaired) electrons. The van der Waals surface area contributed by atoms with Crippen molar-refractivity contribution in [2.75, 3.05) is 25.8 Å². The SMILES string of the molecule is COC[C@H](C)Nc1nc(-c2cc(C)n(Cc3ccc4c(c3)OCO4)c2C)cs1. The second-order valence-corrected chi connectivity index (χ2v) is 7.96. The van der Waals surface area contributed by atoms with Gasteiger partial charge in [-0.25, -0.2) is 4.98 Å². The van der Waals surface area contributed by atoms with Crippen LogP contribution in [0.5, 0.6) is 11.5 Å². The van der Waals surface area contributed by atoms with E-state index in [9.17, 15) is 0 Å². The van der Waals surface area contributed by atoms with Gasteiger partial charge in [0.1, 0.15) is 0 Å². The van der Waals surface area contributed by atoms with Crippen LogP contribution in [0.2, 0.25) is 0 Å². The van der Waals surface area contributed by atoms with Crippen molar-refractivity contribution in [3.63, 3.8) is 0 Å². The second kappa shape index (κ2) is 7.85. The van der Waals surface area contributed by atoms with Crippen LogP contribution in [0.1, 0.15) is 23.9 Å². The van der Waals surface area contributed by atoms with Gasteiger partial charge < -0.3 is 24.1 Å². The molecule has 0 amide bonds. The Morgan fingerprint density at radius 3 is 2.89 bits per heavy atom. The third-order valence-corrected chi connectivity index (χ3v) is 5.69. The van der Waals surface area contributed by atoms with Gasteiger partial charge >= 0.3 is 0 Å². The van der Waals surface area contributed by atoms with Crippen molar-refractivity contribution < 1.29 is 14.2 Å². The van der Waals surface area contributed by atoms with E-state index in [1.54, 1.807) is 18.4 Å². The number of hydrogen-bond acceptors (Lipinski definition) is 6. The van der Waals surface area contributed by atoms with Crippen LogP contribution in [0, 0.1) is 13.8 Å². The quantitative estimate of drug-likeness (QED) is 0.636. The molecule has 0 saturated carbocycles. The molecule has 3 aromatic rings. The summed E-state index contributed by atoms with van der Waals surface area (Å²) in [4.78, 5) is 4.77. The van der Waals surface area contributed by atoms with Gasteiger partial charge in [0, 0.05) is 42.0 Å². The van der Waals surface area contributed by atoms with Crippen molar-refractivity contribution >= 4 is 16.5 Å². The molecule has 0 unspecified atom stereocenters. The van der Waals surface area contributed by atoms with Gasteiger partial charge in [-0.3, -0.25) is 0 Å². The Kier molecular flexibility index (Phi) is 5.28. The van der Waals surface area contributed by atoms with Crippen LogP contribution in [0.4, 0.5) is 5.13 Å². The molecule has 1 aromatic carbocycles. The fourth-order valence-electron chi connectivity index (χ4n) is 3.49. The molecule has 28 heavy (non-hydrogen) atoms. The molecule has 2 aromatic heterocycles. The molecule has 0 fully saturated rings. The molecule has 4 rings (SSSR count). The predicted octanol–water partition coefficient (Wildman–Crippen LogP) is 4.45. The lowest BCUT2D eigenvalue weighted by molar-refractivity contribution is 0.174. The standard InChI is InChI=1S/C21H25N3O3S/c1-13(10-25-4)22-21-23-18(11-28-21)17-7-14(2)24(15(17)3)9-16-5-6-19-20(8-16)27-12-26-19/h5-8,11,13H,9-10,12H2,1-4H3,(H,22,23)/t13-/m0/s1. The lowest BCUT2D eigenvalue weighted by Crippen LogP contribution is -2.20. The fourth-order valence-corrected chi connectivity index (χ4v) is 4.32. The summed E-state index contributed by atoms with van der Waals surface area (Å²) in [5.41, 5.74) is 5.77. The predicted molar refractivity (Wildman–Crippen MR) is 112 cm³/mol. The largest absolute Gasteiger partial charge is 0.454 e. The molecule has 1 aliphatic heterocycles. The highest BCUT2D eigenvalue weighted by atomic mass is 32.1. The number of benzene rings is 1. The zero-order valence-electron chi connectivity index (χ0n) is 16.6. The first kappa shape index (κ1) is 18.8. The van der Waals surface area contributed by atoms with Crippen molar-refractivity contribution in [2.24, 2.45) is 0 Å². The Hall–Kier alpha value is -2.51. The van der Waals surface area contributed by atoms with E-state index in [2.05, 4.69) is 54.2 Å². The monoisotopic (exact) mass is 399 g/mol. The summed E-state index contributed by atoms with van der Waals surface area (Å²) in [5, 5.41) is 6.41. The minimum absolute atomic E-state index is 0.224. The molecule has 1 atom stereocenters. The summed E-state index contributed by atoms with van der Waals surface area (Å²) in [6.45, 7) is 8.11. The number of aryl methyl sites for hydroxylation is 1. The molecular weight excluding hydrogens is 374 g/mol. The van der Waals surface area contributed by atoms with Gasteiger partial charge in [-0.05, 0) is 44.5 Å². The number of thiazole rings is 1. The van der Waals surface area contributed by atoms with Gasteiger partial charge in [0.2, 0.25) is 6.79 Å². The van der Waals surface area contributed by atoms with E-state index >= 15 is 0 Å². The highest BCUT2D eigenvalue weighted by Crippen LogP contribution is 2.34. The lowest BCUT2D eigenvalue weighted by atomic mass is 10.2. The molecule has 148 valence electrons. The van der Waals surface area contributed by atoms with Crippen molar-refractivity contribution in [3.8, 4) is 22.8 Å². The van der Waals surface area contributed by atoms with Crippen LogP contribution in [-0.2, 0) is 11.3 Å². The second-order valence-electron chi connectivity index (χ2n) is 7.10. The number of rotatable bonds is 7. The summed E-state index contributed by atoms with van der Waals surface area (Å²) in [6, 6.07) is 8.56. The van der Waals surface area contributed by atoms with Crippen LogP contribution in [0.3, 0.4) is 0 Å². The Morgan fingerprint density at radius 2 is 2.07 bits per heavy atom. The van der Waals surface area contributed by atoms with Crippen LogP contribution >= 0.6 is 11.3 Å². The Bertz CT molecular complexity index is 979. The zero-order chi connectivity index (χ0) is 19.7. The summed E-state index contributed by atoms with van der Waals surface area (Å²) in [7, 11) is 1.71. The minimum Gasteiger partial charge on any atom is -0.454 e. The highest BCUT2D eigenvalue weighted by molar-refractivity contribution is 7.14. The average molecular weight is 400 g/mol. The first-order chi connectivity index (χ1) is 13.5. The van der Waals surface area contributed by atoms with Gasteiger partial charge in [-0.1, -0.05) is 6.07 Å². The molecule has 0 saturated heterocycles. The average Bonchev–Trinajstić information content (AvgIpc) is 3.37. The maximum Gasteiger partial charge on any atom is 0.231 e. The molecule has 7 heteroatoms. The van der Waals surface area contributed by atoms with Crippen molar-refractivity contribution in [1.29, 1.82) is 0 Å². The van der Waals surface area contributed by atoms with Crippen molar-refractivity contribution in [1.82, 2.24) is 9.55 Å². The highest BCUT2D eigenvalue weighted by Gasteiger charge is 2.17. The minimum atomic E-state index is 0.224. The number of methoxy groups -OCH3 is 1. The van der Waals surface area contributed by atoms with Crippen LogP contribution in [0.15, 0.2) is 29.6 Å². The molecule has 0 bridgehead atoms. The fraction of sp³-hybridized carbons (Fsp3) is 0.381. The van der Waals surface area contributed by atoms with E-state index in [4.69, 9.17) is 19.2 Å². The Labute approximate surface area is 169 Å². The van der Waals surface area contributed by atoms with Gasteiger partial charge in [-0.15, -0.1) is 11.3 Å². The summed E-state index contributed by atoms with van der Waals surface area (Å²) in [5.74, 6) is 1.64. The number of anilines is 1. The molecule has 0 aliphatic carbocycles. The first-order valence-corrected chi connectivity index (χ1v) is 10.2. The van der Waals surface area contributed by atoms with Gasteiger partial charge in [0.25, 0.3) is 0 Å². The first-order valence-electron chi connectivity index (χ1n) is 9.31. The van der Waals surface area contributed by atoms with E-state index in [1.807, 2.05) is 6.07 Å². The topological polar surface area (TPSA) is 57.5 Å². The molecule has 3 heterocycles. The normalized spacial score (nSPS) is 13.7. The van der Waals surface area contributed by atoms with E-state index in [-0.39, 0.29) is 6.04 Å². The smallest absolute Gasteiger partial charge is 0.231 e.